The number of nitrogens with zero attached hydrogens (tertiary/aromatic N) is 4. The number of aliphatic hydroxyl groups is 1. The van der Waals surface area contributed by atoms with Gasteiger partial charge in [-0.05, 0) is 19.9 Å². The molecule has 13 heteroatoms. The van der Waals surface area contributed by atoms with E-state index in [4.69, 9.17) is 0 Å². The Balaban J connectivity index is 1.70. The highest BCUT2D eigenvalue weighted by molar-refractivity contribution is 7.25. The van der Waals surface area contributed by atoms with Crippen molar-refractivity contribution < 1.29 is 23.1 Å². The number of pyridine rings is 1. The first-order chi connectivity index (χ1) is 16.1. The fourth-order valence-corrected chi connectivity index (χ4v) is 4.81. The molecule has 180 valence electrons. The van der Waals surface area contributed by atoms with E-state index in [0.29, 0.717) is 21.6 Å². The molecule has 0 saturated heterocycles. The average Bonchev–Trinajstić information content (AvgIpc) is 3.51. The Morgan fingerprint density at radius 1 is 1.24 bits per heavy atom. The highest BCUT2D eigenvalue weighted by Crippen LogP contribution is 2.39. The summed E-state index contributed by atoms with van der Waals surface area (Å²) in [5, 5.41) is 19.9. The molecule has 0 unspecified atom stereocenters. The number of hydrogen-bond acceptors (Lipinski definition) is 8. The molecule has 34 heavy (non-hydrogen) atoms. The monoisotopic (exact) mass is 510 g/mol. The number of amides is 1. The number of alkyl halides is 3. The van der Waals surface area contributed by atoms with Gasteiger partial charge in [-0.25, -0.2) is 18.2 Å². The molecule has 4 heterocycles. The largest absolute Gasteiger partial charge is 0.387 e. The standard InChI is InChI=1S/C21H21F3N6O2S2/c1-21(2,32)16(22)7-26-19(31)13-5-27-20-12(3-14(34-20)15-6-25-10-33-15)18(13)29-11-4-28-30(8-11)9-17(23)24/h3-6,8,10,16-17,32H,7,9H2,1-2H3,(H,26,31)(H,27,29)/t16-/m1/s1. The van der Waals surface area contributed by atoms with Crippen LogP contribution in [0, 0.1) is 0 Å². The van der Waals surface area contributed by atoms with Gasteiger partial charge < -0.3 is 15.7 Å². The van der Waals surface area contributed by atoms with Gasteiger partial charge in [-0.15, -0.1) is 22.7 Å². The molecule has 0 aliphatic carbocycles. The number of hydrogen-bond donors (Lipinski definition) is 3. The smallest absolute Gasteiger partial charge is 0.257 e. The van der Waals surface area contributed by atoms with Crippen LogP contribution in [0.1, 0.15) is 24.2 Å². The number of thiazole rings is 1. The van der Waals surface area contributed by atoms with E-state index in [0.717, 1.165) is 14.4 Å². The summed E-state index contributed by atoms with van der Waals surface area (Å²) in [6.07, 6.45) is 1.62. The van der Waals surface area contributed by atoms with Gasteiger partial charge in [-0.3, -0.25) is 14.5 Å². The van der Waals surface area contributed by atoms with E-state index in [1.54, 1.807) is 11.7 Å². The zero-order valence-corrected chi connectivity index (χ0v) is 19.8. The van der Waals surface area contributed by atoms with E-state index in [1.807, 2.05) is 6.07 Å². The van der Waals surface area contributed by atoms with Gasteiger partial charge in [-0.2, -0.15) is 5.10 Å². The number of nitrogens with one attached hydrogen (secondary N) is 2. The first-order valence-electron chi connectivity index (χ1n) is 10.2. The molecule has 1 amide bonds. The summed E-state index contributed by atoms with van der Waals surface area (Å²) >= 11 is 2.87. The second kappa shape index (κ2) is 9.68. The van der Waals surface area contributed by atoms with Gasteiger partial charge >= 0.3 is 0 Å². The average molecular weight is 511 g/mol. The van der Waals surface area contributed by atoms with Gasteiger partial charge in [0.1, 0.15) is 17.5 Å². The molecule has 8 nitrogen and oxygen atoms in total. The van der Waals surface area contributed by atoms with Crippen molar-refractivity contribution in [3.05, 3.63) is 41.9 Å². The predicted molar refractivity (Wildman–Crippen MR) is 126 cm³/mol. The van der Waals surface area contributed by atoms with Crippen molar-refractivity contribution in [2.75, 3.05) is 11.9 Å². The lowest BCUT2D eigenvalue weighted by atomic mass is 10.0. The number of anilines is 2. The van der Waals surface area contributed by atoms with Crippen molar-refractivity contribution in [3.63, 3.8) is 0 Å². The lowest BCUT2D eigenvalue weighted by molar-refractivity contribution is -0.00177. The van der Waals surface area contributed by atoms with Crippen molar-refractivity contribution in [2.45, 2.75) is 38.6 Å². The number of rotatable bonds is 9. The molecule has 0 aliphatic heterocycles. The minimum atomic E-state index is -2.56. The van der Waals surface area contributed by atoms with Gasteiger partial charge in [0.05, 0.1) is 45.7 Å². The summed E-state index contributed by atoms with van der Waals surface area (Å²) in [5.74, 6) is -0.602. The lowest BCUT2D eigenvalue weighted by Crippen LogP contribution is -2.42. The molecular weight excluding hydrogens is 489 g/mol. The van der Waals surface area contributed by atoms with Gasteiger partial charge in [0.25, 0.3) is 12.3 Å². The Kier molecular flexibility index (Phi) is 6.86. The van der Waals surface area contributed by atoms with Crippen molar-refractivity contribution in [1.29, 1.82) is 0 Å². The van der Waals surface area contributed by atoms with E-state index in [-0.39, 0.29) is 5.56 Å². The topological polar surface area (TPSA) is 105 Å². The van der Waals surface area contributed by atoms with Crippen LogP contribution in [0.2, 0.25) is 0 Å². The number of carbonyl (C=O) groups excluding carboxylic acids is 1. The van der Waals surface area contributed by atoms with Crippen LogP contribution in [-0.4, -0.2) is 55.5 Å². The minimum Gasteiger partial charge on any atom is -0.387 e. The molecule has 0 bridgehead atoms. The summed E-state index contributed by atoms with van der Waals surface area (Å²) in [4.78, 5) is 23.9. The van der Waals surface area contributed by atoms with Crippen molar-refractivity contribution in [1.82, 2.24) is 25.1 Å². The van der Waals surface area contributed by atoms with Gasteiger partial charge in [0.2, 0.25) is 0 Å². The molecule has 4 aromatic heterocycles. The molecule has 4 rings (SSSR count). The van der Waals surface area contributed by atoms with Crippen LogP contribution in [0.5, 0.6) is 0 Å². The Morgan fingerprint density at radius 3 is 2.71 bits per heavy atom. The molecule has 0 radical (unpaired) electrons. The van der Waals surface area contributed by atoms with Crippen LogP contribution < -0.4 is 10.6 Å². The number of aromatic nitrogens is 4. The van der Waals surface area contributed by atoms with Crippen molar-refractivity contribution in [2.24, 2.45) is 0 Å². The Morgan fingerprint density at radius 2 is 2.03 bits per heavy atom. The summed E-state index contributed by atoms with van der Waals surface area (Å²) in [6.45, 7) is 1.66. The fourth-order valence-electron chi connectivity index (χ4n) is 3.10. The highest BCUT2D eigenvalue weighted by atomic mass is 32.1. The molecular formula is C21H21F3N6O2S2. The normalized spacial score (nSPS) is 12.9. The Labute approximate surface area is 200 Å². The summed E-state index contributed by atoms with van der Waals surface area (Å²) in [7, 11) is 0. The van der Waals surface area contributed by atoms with Gasteiger partial charge in [-0.1, -0.05) is 0 Å². The number of halogens is 3. The minimum absolute atomic E-state index is 0.130. The highest BCUT2D eigenvalue weighted by Gasteiger charge is 2.27. The van der Waals surface area contributed by atoms with Crippen LogP contribution in [0.4, 0.5) is 24.5 Å². The van der Waals surface area contributed by atoms with E-state index in [9.17, 15) is 23.1 Å². The first kappa shape index (κ1) is 24.1. The van der Waals surface area contributed by atoms with Crippen molar-refractivity contribution >= 4 is 50.2 Å². The maximum atomic E-state index is 14.2. The predicted octanol–water partition coefficient (Wildman–Crippen LogP) is 4.46. The molecule has 0 aromatic carbocycles. The zero-order chi connectivity index (χ0) is 24.5. The Hall–Kier alpha value is -3.03. The molecule has 0 saturated carbocycles. The number of carbonyl (C=O) groups is 1. The van der Waals surface area contributed by atoms with Crippen LogP contribution in [0.15, 0.2) is 36.4 Å². The molecule has 0 fully saturated rings. The van der Waals surface area contributed by atoms with Crippen LogP contribution in [0.3, 0.4) is 0 Å². The van der Waals surface area contributed by atoms with E-state index in [1.165, 1.54) is 55.1 Å². The van der Waals surface area contributed by atoms with E-state index in [2.05, 4.69) is 25.7 Å². The maximum Gasteiger partial charge on any atom is 0.257 e. The van der Waals surface area contributed by atoms with Crippen LogP contribution >= 0.6 is 22.7 Å². The Bertz CT molecular complexity index is 1280. The summed E-state index contributed by atoms with van der Waals surface area (Å²) < 4.78 is 40.7. The maximum absolute atomic E-state index is 14.2. The lowest BCUT2D eigenvalue weighted by Gasteiger charge is -2.22. The quantitative estimate of drug-likeness (QED) is 0.307. The third-order valence-corrected chi connectivity index (χ3v) is 6.93. The van der Waals surface area contributed by atoms with Crippen LogP contribution in [0.25, 0.3) is 20.0 Å². The molecule has 1 atom stereocenters. The SMILES string of the molecule is CC(C)(O)[C@H](F)CNC(=O)c1cnc2sc(-c3cncs3)cc2c1Nc1cnn(CC(F)F)c1. The fraction of sp³-hybridized carbons (Fsp3) is 0.333. The molecule has 0 spiro atoms. The third-order valence-electron chi connectivity index (χ3n) is 4.92. The number of thiophene rings is 1. The molecule has 4 aromatic rings. The second-order valence-corrected chi connectivity index (χ2v) is 9.96. The summed E-state index contributed by atoms with van der Waals surface area (Å²) in [6, 6.07) is 1.86. The van der Waals surface area contributed by atoms with Crippen molar-refractivity contribution in [3.8, 4) is 9.75 Å². The zero-order valence-electron chi connectivity index (χ0n) is 18.1. The van der Waals surface area contributed by atoms with Gasteiger partial charge in [0, 0.05) is 28.9 Å². The van der Waals surface area contributed by atoms with E-state index >= 15 is 0 Å². The third kappa shape index (κ3) is 5.37. The first-order valence-corrected chi connectivity index (χ1v) is 11.8. The van der Waals surface area contributed by atoms with Crippen LogP contribution in [-0.2, 0) is 6.54 Å². The second-order valence-electron chi connectivity index (χ2n) is 8.04. The van der Waals surface area contributed by atoms with Gasteiger partial charge in [0.15, 0.2) is 0 Å². The molecule has 0 aliphatic rings. The van der Waals surface area contributed by atoms with E-state index < -0.39 is 37.2 Å². The molecule has 3 N–H and O–H groups in total. The summed E-state index contributed by atoms with van der Waals surface area (Å²) in [5.41, 5.74) is 0.994. The number of fused-ring (bicyclic) bond motifs is 1.